The number of hydrogen-bond acceptors (Lipinski definition) is 3. The molecule has 0 fully saturated rings. The summed E-state index contributed by atoms with van der Waals surface area (Å²) in [6.07, 6.45) is 0. The van der Waals surface area contributed by atoms with Crippen molar-refractivity contribution in [2.24, 2.45) is 0 Å². The Kier molecular flexibility index (Phi) is 5.39. The van der Waals surface area contributed by atoms with E-state index < -0.39 is 0 Å². The molecule has 0 saturated heterocycles. The zero-order chi connectivity index (χ0) is 28.5. The molecule has 3 heteroatoms. The van der Waals surface area contributed by atoms with Gasteiger partial charge in [0.15, 0.2) is 17.5 Å². The molecular formula is C39H29N3. The molecule has 0 aliphatic carbocycles. The number of fused-ring (bicyclic) bond motifs is 2. The third-order valence-corrected chi connectivity index (χ3v) is 8.81. The lowest BCUT2D eigenvalue weighted by Gasteiger charge is -2.17. The lowest BCUT2D eigenvalue weighted by Crippen LogP contribution is -2.04. The maximum absolute atomic E-state index is 5.19. The first-order chi connectivity index (χ1) is 20.5. The van der Waals surface area contributed by atoms with Crippen LogP contribution in [0.4, 0.5) is 0 Å². The fourth-order valence-corrected chi connectivity index (χ4v) is 6.89. The van der Waals surface area contributed by atoms with Crippen molar-refractivity contribution in [3.8, 4) is 34.2 Å². The highest BCUT2D eigenvalue weighted by atomic mass is 15.0. The van der Waals surface area contributed by atoms with Crippen molar-refractivity contribution in [2.45, 2.75) is 27.7 Å². The van der Waals surface area contributed by atoms with Crippen LogP contribution in [-0.4, -0.2) is 15.0 Å². The highest BCUT2D eigenvalue weighted by Crippen LogP contribution is 2.43. The van der Waals surface area contributed by atoms with Gasteiger partial charge in [-0.3, -0.25) is 0 Å². The van der Waals surface area contributed by atoms with Crippen LogP contribution in [0.1, 0.15) is 22.3 Å². The Balaban J connectivity index is 1.49. The van der Waals surface area contributed by atoms with E-state index in [1.54, 1.807) is 0 Å². The number of hydrogen-bond donors (Lipinski definition) is 0. The molecule has 0 aliphatic heterocycles. The molecule has 3 nitrogen and oxygen atoms in total. The first-order valence-corrected chi connectivity index (χ1v) is 14.5. The van der Waals surface area contributed by atoms with Crippen molar-refractivity contribution in [1.82, 2.24) is 15.0 Å². The first kappa shape index (κ1) is 24.6. The quantitative estimate of drug-likeness (QED) is 0.166. The molecule has 0 saturated carbocycles. The molecule has 0 N–H and O–H groups in total. The fraction of sp³-hybridized carbons (Fsp3) is 0.103. The van der Waals surface area contributed by atoms with Gasteiger partial charge in [-0.25, -0.2) is 15.0 Å². The normalized spacial score (nSPS) is 11.8. The number of nitrogens with zero attached hydrogens (tertiary/aromatic N) is 3. The Bertz CT molecular complexity index is 2190. The average molecular weight is 540 g/mol. The predicted molar refractivity (Wildman–Crippen MR) is 176 cm³/mol. The summed E-state index contributed by atoms with van der Waals surface area (Å²) in [4.78, 5) is 15.5. The smallest absolute Gasteiger partial charge is 0.164 e. The van der Waals surface area contributed by atoms with Crippen molar-refractivity contribution < 1.29 is 0 Å². The van der Waals surface area contributed by atoms with Gasteiger partial charge in [-0.15, -0.1) is 0 Å². The molecule has 0 aliphatic rings. The van der Waals surface area contributed by atoms with Crippen LogP contribution in [0, 0.1) is 27.7 Å². The number of aryl methyl sites for hydroxylation is 4. The molecule has 0 bridgehead atoms. The van der Waals surface area contributed by atoms with Gasteiger partial charge in [-0.1, -0.05) is 97.1 Å². The summed E-state index contributed by atoms with van der Waals surface area (Å²) in [5, 5.41) is 10.1. The van der Waals surface area contributed by atoms with Gasteiger partial charge in [0, 0.05) is 16.7 Å². The second-order valence-corrected chi connectivity index (χ2v) is 11.4. The molecule has 7 aromatic carbocycles. The van der Waals surface area contributed by atoms with Gasteiger partial charge in [0.2, 0.25) is 0 Å². The van der Waals surface area contributed by atoms with Crippen molar-refractivity contribution in [3.63, 3.8) is 0 Å². The van der Waals surface area contributed by atoms with Crippen molar-refractivity contribution in [1.29, 1.82) is 0 Å². The van der Waals surface area contributed by atoms with E-state index in [0.29, 0.717) is 17.5 Å². The molecule has 0 radical (unpaired) electrons. The zero-order valence-electron chi connectivity index (χ0n) is 24.2. The van der Waals surface area contributed by atoms with E-state index in [1.165, 1.54) is 37.7 Å². The van der Waals surface area contributed by atoms with Crippen LogP contribution >= 0.6 is 0 Å². The zero-order valence-corrected chi connectivity index (χ0v) is 24.2. The molecule has 0 spiro atoms. The summed E-state index contributed by atoms with van der Waals surface area (Å²) in [5.74, 6) is 2.12. The third-order valence-electron chi connectivity index (χ3n) is 8.81. The maximum Gasteiger partial charge on any atom is 0.164 e. The summed E-state index contributed by atoms with van der Waals surface area (Å²) in [7, 11) is 0. The summed E-state index contributed by atoms with van der Waals surface area (Å²) in [6.45, 7) is 8.52. The van der Waals surface area contributed by atoms with Crippen molar-refractivity contribution in [2.75, 3.05) is 0 Å². The molecular weight excluding hydrogens is 510 g/mol. The van der Waals surface area contributed by atoms with Crippen LogP contribution in [0.2, 0.25) is 0 Å². The molecule has 0 atom stereocenters. The van der Waals surface area contributed by atoms with Crippen LogP contribution in [0.3, 0.4) is 0 Å². The maximum atomic E-state index is 5.19. The highest BCUT2D eigenvalue weighted by Gasteiger charge is 2.20. The molecule has 1 aromatic heterocycles. The van der Waals surface area contributed by atoms with Gasteiger partial charge in [-0.2, -0.15) is 0 Å². The second-order valence-electron chi connectivity index (χ2n) is 11.4. The Labute approximate surface area is 244 Å². The Hall–Kier alpha value is -5.15. The van der Waals surface area contributed by atoms with E-state index in [9.17, 15) is 0 Å². The highest BCUT2D eigenvalue weighted by molar-refractivity contribution is 6.33. The third kappa shape index (κ3) is 3.56. The SMILES string of the molecule is Cc1cccc(C)c1-c1nc(-c2c(C)cccc2C)nc(-c2ccc3c4cccc5cccc(c6cccc2c63)c54)n1. The van der Waals surface area contributed by atoms with Crippen LogP contribution in [0.25, 0.3) is 77.3 Å². The molecule has 0 amide bonds. The number of aromatic nitrogens is 3. The van der Waals surface area contributed by atoms with Crippen LogP contribution in [-0.2, 0) is 0 Å². The Morgan fingerprint density at radius 3 is 1.31 bits per heavy atom. The van der Waals surface area contributed by atoms with E-state index in [4.69, 9.17) is 15.0 Å². The minimum absolute atomic E-state index is 0.695. The minimum atomic E-state index is 0.695. The van der Waals surface area contributed by atoms with Gasteiger partial charge in [0.05, 0.1) is 0 Å². The molecule has 0 unspecified atom stereocenters. The first-order valence-electron chi connectivity index (χ1n) is 14.5. The topological polar surface area (TPSA) is 38.7 Å². The Morgan fingerprint density at radius 1 is 0.357 bits per heavy atom. The number of benzene rings is 7. The second kappa shape index (κ2) is 9.19. The van der Waals surface area contributed by atoms with Crippen LogP contribution < -0.4 is 0 Å². The molecule has 8 aromatic rings. The number of rotatable bonds is 3. The monoisotopic (exact) mass is 539 g/mol. The van der Waals surface area contributed by atoms with Gasteiger partial charge < -0.3 is 0 Å². The van der Waals surface area contributed by atoms with Crippen molar-refractivity contribution >= 4 is 43.1 Å². The summed E-state index contributed by atoms with van der Waals surface area (Å²) in [6, 6.07) is 37.0. The van der Waals surface area contributed by atoms with Crippen LogP contribution in [0.5, 0.6) is 0 Å². The van der Waals surface area contributed by atoms with Crippen molar-refractivity contribution in [3.05, 3.63) is 125 Å². The Morgan fingerprint density at radius 2 is 0.762 bits per heavy atom. The van der Waals surface area contributed by atoms with E-state index in [0.717, 1.165) is 44.3 Å². The van der Waals surface area contributed by atoms with Gasteiger partial charge in [-0.05, 0) is 99.1 Å². The van der Waals surface area contributed by atoms with E-state index in [-0.39, 0.29) is 0 Å². The van der Waals surface area contributed by atoms with E-state index in [1.807, 2.05) is 0 Å². The standard InChI is InChI=1S/C39H29N3/c1-22-10-5-11-23(2)33(22)38-40-37(41-39(42-38)34-24(3)12-6-13-25(34)4)32-21-20-31-28-17-8-15-26-14-7-16-27(35(26)28)29-18-9-19-30(32)36(29)31/h5-21H,1-4H3. The average Bonchev–Trinajstić information content (AvgIpc) is 2.99. The molecule has 8 rings (SSSR count). The van der Waals surface area contributed by atoms with Gasteiger partial charge >= 0.3 is 0 Å². The predicted octanol–water partition coefficient (Wildman–Crippen LogP) is 10.2. The van der Waals surface area contributed by atoms with Gasteiger partial charge in [0.1, 0.15) is 0 Å². The fourth-order valence-electron chi connectivity index (χ4n) is 6.89. The summed E-state index contributed by atoms with van der Waals surface area (Å²) in [5.41, 5.74) is 7.77. The summed E-state index contributed by atoms with van der Waals surface area (Å²) >= 11 is 0. The molecule has 200 valence electrons. The largest absolute Gasteiger partial charge is 0.208 e. The molecule has 42 heavy (non-hydrogen) atoms. The lowest BCUT2D eigenvalue weighted by molar-refractivity contribution is 1.06. The van der Waals surface area contributed by atoms with E-state index >= 15 is 0 Å². The van der Waals surface area contributed by atoms with Gasteiger partial charge in [0.25, 0.3) is 0 Å². The van der Waals surface area contributed by atoms with E-state index in [2.05, 4.69) is 131 Å². The summed E-state index contributed by atoms with van der Waals surface area (Å²) < 4.78 is 0. The lowest BCUT2D eigenvalue weighted by atomic mass is 9.88. The molecule has 1 heterocycles. The minimum Gasteiger partial charge on any atom is -0.208 e. The van der Waals surface area contributed by atoms with Crippen LogP contribution in [0.15, 0.2) is 103 Å².